The Morgan fingerprint density at radius 2 is 2.00 bits per heavy atom. The Bertz CT molecular complexity index is 852. The maximum Gasteiger partial charge on any atom is 0.231 e. The monoisotopic (exact) mass is 383 g/mol. The van der Waals surface area contributed by atoms with Gasteiger partial charge in [-0.05, 0) is 12.5 Å². The van der Waals surface area contributed by atoms with E-state index in [1.54, 1.807) is 6.08 Å². The number of ether oxygens (including phenoxy) is 4. The Balaban J connectivity index is 1.65. The number of hydrogen-bond donors (Lipinski definition) is 2. The molecule has 2 aliphatic heterocycles. The third-order valence-electron chi connectivity index (χ3n) is 5.05. The van der Waals surface area contributed by atoms with E-state index >= 15 is 0 Å². The number of fused-ring (bicyclic) bond motifs is 3. The molecule has 1 unspecified atom stereocenters. The molecule has 0 spiro atoms. The molecule has 0 saturated heterocycles. The van der Waals surface area contributed by atoms with Gasteiger partial charge in [0.1, 0.15) is 12.4 Å². The summed E-state index contributed by atoms with van der Waals surface area (Å²) in [7, 11) is 0. The lowest BCUT2D eigenvalue weighted by Crippen LogP contribution is -2.36. The van der Waals surface area contributed by atoms with Gasteiger partial charge in [0.15, 0.2) is 11.5 Å². The van der Waals surface area contributed by atoms with Gasteiger partial charge < -0.3 is 29.4 Å². The fraction of sp³-hybridized carbons (Fsp3) is 0.364. The summed E-state index contributed by atoms with van der Waals surface area (Å²) in [6.07, 6.45) is 0.984. The summed E-state index contributed by atoms with van der Waals surface area (Å²) < 4.78 is 23.4. The van der Waals surface area contributed by atoms with Crippen molar-refractivity contribution in [1.82, 2.24) is 5.32 Å². The Morgan fingerprint density at radius 3 is 2.79 bits per heavy atom. The standard InChI is InChI=1S/C22H25NO5/c1-3-9-26-20-14(2)21-22(28-13-27-21)18-16(23-10-17(24)19(18)20)12-25-11-15-7-5-4-6-8-15/h3-8,16-17,23-24H,1,9-13H2,2H3/t16-,17?/m0/s1. The number of hydrogen-bond acceptors (Lipinski definition) is 6. The average Bonchev–Trinajstić information content (AvgIpc) is 3.20. The number of aliphatic hydroxyl groups is 1. The van der Waals surface area contributed by atoms with Crippen molar-refractivity contribution in [3.8, 4) is 17.2 Å². The van der Waals surface area contributed by atoms with E-state index in [1.807, 2.05) is 37.3 Å². The molecule has 2 aromatic rings. The van der Waals surface area contributed by atoms with Crippen LogP contribution in [0, 0.1) is 6.92 Å². The van der Waals surface area contributed by atoms with Crippen LogP contribution in [0.1, 0.15) is 34.4 Å². The molecule has 0 bridgehead atoms. The van der Waals surface area contributed by atoms with Crippen molar-refractivity contribution in [1.29, 1.82) is 0 Å². The molecule has 0 amide bonds. The molecule has 6 nitrogen and oxygen atoms in total. The molecule has 2 atom stereocenters. The summed E-state index contributed by atoms with van der Waals surface area (Å²) in [6, 6.07) is 9.90. The van der Waals surface area contributed by atoms with Crippen molar-refractivity contribution in [2.24, 2.45) is 0 Å². The van der Waals surface area contributed by atoms with E-state index in [1.165, 1.54) is 0 Å². The van der Waals surface area contributed by atoms with E-state index in [-0.39, 0.29) is 12.8 Å². The predicted octanol–water partition coefficient (Wildman–Crippen LogP) is 3.18. The van der Waals surface area contributed by atoms with Crippen LogP contribution in [0.2, 0.25) is 0 Å². The minimum absolute atomic E-state index is 0.135. The third-order valence-corrected chi connectivity index (χ3v) is 5.05. The molecule has 0 saturated carbocycles. The van der Waals surface area contributed by atoms with Crippen molar-refractivity contribution in [2.75, 3.05) is 26.6 Å². The van der Waals surface area contributed by atoms with Gasteiger partial charge in [0.2, 0.25) is 6.79 Å². The van der Waals surface area contributed by atoms with Crippen molar-refractivity contribution in [3.63, 3.8) is 0 Å². The first-order valence-corrected chi connectivity index (χ1v) is 9.43. The fourth-order valence-electron chi connectivity index (χ4n) is 3.78. The Kier molecular flexibility index (Phi) is 5.52. The van der Waals surface area contributed by atoms with E-state index in [4.69, 9.17) is 18.9 Å². The molecule has 2 aliphatic rings. The zero-order valence-corrected chi connectivity index (χ0v) is 15.9. The van der Waals surface area contributed by atoms with Gasteiger partial charge in [0.05, 0.1) is 25.4 Å². The molecule has 0 fully saturated rings. The van der Waals surface area contributed by atoms with Gasteiger partial charge >= 0.3 is 0 Å². The molecular weight excluding hydrogens is 358 g/mol. The highest BCUT2D eigenvalue weighted by Crippen LogP contribution is 2.51. The van der Waals surface area contributed by atoms with Gasteiger partial charge in [-0.2, -0.15) is 0 Å². The van der Waals surface area contributed by atoms with Crippen LogP contribution in [0.15, 0.2) is 43.0 Å². The lowest BCUT2D eigenvalue weighted by atomic mass is 9.88. The molecule has 148 valence electrons. The summed E-state index contributed by atoms with van der Waals surface area (Å²) in [6.45, 7) is 7.51. The van der Waals surface area contributed by atoms with Crippen LogP contribution in [0.5, 0.6) is 17.2 Å². The van der Waals surface area contributed by atoms with Crippen molar-refractivity contribution >= 4 is 0 Å². The number of β-amino-alcohol motifs (C(OH)–C–C–N with tert-alkyl or cyclic N) is 1. The first kappa shape index (κ1) is 18.8. The maximum atomic E-state index is 10.7. The second-order valence-corrected chi connectivity index (χ2v) is 6.92. The topological polar surface area (TPSA) is 69.2 Å². The Hall–Kier alpha value is -2.54. The SMILES string of the molecule is C=CCOc1c(C)c2c(c3c1C(O)CN[C@H]3COCc1ccccc1)OCO2. The minimum Gasteiger partial charge on any atom is -0.489 e. The Labute approximate surface area is 164 Å². The van der Waals surface area contributed by atoms with E-state index < -0.39 is 6.10 Å². The van der Waals surface area contributed by atoms with Crippen molar-refractivity contribution in [2.45, 2.75) is 25.7 Å². The van der Waals surface area contributed by atoms with Crippen LogP contribution in [-0.2, 0) is 11.3 Å². The molecule has 0 aliphatic carbocycles. The molecule has 4 rings (SSSR count). The van der Waals surface area contributed by atoms with E-state index in [0.717, 1.165) is 22.3 Å². The maximum absolute atomic E-state index is 10.7. The summed E-state index contributed by atoms with van der Waals surface area (Å²) in [4.78, 5) is 0. The first-order valence-electron chi connectivity index (χ1n) is 9.43. The summed E-state index contributed by atoms with van der Waals surface area (Å²) in [5.74, 6) is 1.97. The lowest BCUT2D eigenvalue weighted by molar-refractivity contribution is 0.0799. The van der Waals surface area contributed by atoms with Gasteiger partial charge in [-0.1, -0.05) is 43.0 Å². The van der Waals surface area contributed by atoms with Gasteiger partial charge in [-0.3, -0.25) is 0 Å². The molecule has 2 heterocycles. The molecule has 0 aromatic heterocycles. The number of nitrogens with one attached hydrogen (secondary N) is 1. The highest BCUT2D eigenvalue weighted by Gasteiger charge is 2.38. The zero-order chi connectivity index (χ0) is 19.5. The summed E-state index contributed by atoms with van der Waals surface area (Å²) >= 11 is 0. The molecule has 0 radical (unpaired) electrons. The van der Waals surface area contributed by atoms with Crippen LogP contribution < -0.4 is 19.5 Å². The number of rotatable bonds is 7. The average molecular weight is 383 g/mol. The number of benzene rings is 2. The highest BCUT2D eigenvalue weighted by molar-refractivity contribution is 5.66. The van der Waals surface area contributed by atoms with Gasteiger partial charge in [-0.25, -0.2) is 0 Å². The van der Waals surface area contributed by atoms with E-state index in [2.05, 4.69) is 11.9 Å². The van der Waals surface area contributed by atoms with Gasteiger partial charge in [0, 0.05) is 23.2 Å². The van der Waals surface area contributed by atoms with Crippen LogP contribution in [0.4, 0.5) is 0 Å². The Morgan fingerprint density at radius 1 is 1.21 bits per heavy atom. The fourth-order valence-corrected chi connectivity index (χ4v) is 3.78. The quantitative estimate of drug-likeness (QED) is 0.716. The first-order chi connectivity index (χ1) is 13.7. The largest absolute Gasteiger partial charge is 0.489 e. The summed E-state index contributed by atoms with van der Waals surface area (Å²) in [5.41, 5.74) is 3.54. The van der Waals surface area contributed by atoms with Gasteiger partial charge in [-0.15, -0.1) is 0 Å². The van der Waals surface area contributed by atoms with Crippen molar-refractivity contribution < 1.29 is 24.1 Å². The van der Waals surface area contributed by atoms with Crippen molar-refractivity contribution in [3.05, 3.63) is 65.2 Å². The molecule has 2 aromatic carbocycles. The molecule has 28 heavy (non-hydrogen) atoms. The zero-order valence-electron chi connectivity index (χ0n) is 15.9. The highest BCUT2D eigenvalue weighted by atomic mass is 16.7. The van der Waals surface area contributed by atoms with Crippen LogP contribution in [0.25, 0.3) is 0 Å². The minimum atomic E-state index is -0.701. The van der Waals surface area contributed by atoms with E-state index in [0.29, 0.717) is 43.6 Å². The van der Waals surface area contributed by atoms with Gasteiger partial charge in [0.25, 0.3) is 0 Å². The second kappa shape index (κ2) is 8.22. The van der Waals surface area contributed by atoms with E-state index in [9.17, 15) is 5.11 Å². The predicted molar refractivity (Wildman–Crippen MR) is 105 cm³/mol. The molecular formula is C22H25NO5. The van der Waals surface area contributed by atoms with Crippen LogP contribution >= 0.6 is 0 Å². The van der Waals surface area contributed by atoms with Crippen LogP contribution in [-0.4, -0.2) is 31.7 Å². The lowest BCUT2D eigenvalue weighted by Gasteiger charge is -2.33. The van der Waals surface area contributed by atoms with Crippen LogP contribution in [0.3, 0.4) is 0 Å². The number of aliphatic hydroxyl groups excluding tert-OH is 1. The normalized spacial score (nSPS) is 19.9. The summed E-state index contributed by atoms with van der Waals surface area (Å²) in [5, 5.41) is 14.1. The molecule has 6 heteroatoms. The second-order valence-electron chi connectivity index (χ2n) is 6.92. The smallest absolute Gasteiger partial charge is 0.231 e. The third kappa shape index (κ3) is 3.46. The molecule has 2 N–H and O–H groups in total.